The number of halogens is 1. The first-order chi connectivity index (χ1) is 11.5. The molecule has 6 heteroatoms. The largest absolute Gasteiger partial charge is 0.491 e. The van der Waals surface area contributed by atoms with E-state index in [9.17, 15) is 4.79 Å². The second-order valence-electron chi connectivity index (χ2n) is 5.56. The molecule has 0 aliphatic rings. The molecule has 0 aliphatic heterocycles. The number of rotatable bonds is 4. The number of aryl methyl sites for hydroxylation is 2. The van der Waals surface area contributed by atoms with E-state index in [1.807, 2.05) is 26.0 Å². The molecule has 5 nitrogen and oxygen atoms in total. The van der Waals surface area contributed by atoms with E-state index in [2.05, 4.69) is 9.97 Å². The number of nitrogens with one attached hydrogen (secondary N) is 1. The average molecular weight is 345 g/mol. The van der Waals surface area contributed by atoms with Gasteiger partial charge in [0.05, 0.1) is 22.5 Å². The molecule has 0 fully saturated rings. The Bertz CT molecular complexity index is 943. The number of hydrogen-bond acceptors (Lipinski definition) is 4. The van der Waals surface area contributed by atoms with Crippen molar-refractivity contribution in [3.63, 3.8) is 0 Å². The lowest BCUT2D eigenvalue weighted by atomic mass is 10.0. The van der Waals surface area contributed by atoms with Gasteiger partial charge in [-0.25, -0.2) is 4.98 Å². The molecule has 0 atom stereocenters. The normalized spacial score (nSPS) is 11.0. The van der Waals surface area contributed by atoms with Crippen LogP contribution < -0.4 is 10.3 Å². The topological polar surface area (TPSA) is 75.2 Å². The molecule has 0 bridgehead atoms. The van der Waals surface area contributed by atoms with Crippen molar-refractivity contribution in [1.82, 2.24) is 9.97 Å². The van der Waals surface area contributed by atoms with Crippen LogP contribution in [0, 0.1) is 13.8 Å². The summed E-state index contributed by atoms with van der Waals surface area (Å²) in [6.45, 7) is 4.03. The molecular formula is C18H17ClN2O3. The van der Waals surface area contributed by atoms with Gasteiger partial charge < -0.3 is 14.8 Å². The van der Waals surface area contributed by atoms with Gasteiger partial charge in [-0.05, 0) is 49.2 Å². The van der Waals surface area contributed by atoms with Gasteiger partial charge >= 0.3 is 0 Å². The van der Waals surface area contributed by atoms with Crippen molar-refractivity contribution in [3.8, 4) is 17.1 Å². The number of benzene rings is 2. The van der Waals surface area contributed by atoms with Crippen molar-refractivity contribution in [2.45, 2.75) is 13.8 Å². The number of ether oxygens (including phenoxy) is 1. The maximum absolute atomic E-state index is 12.3. The van der Waals surface area contributed by atoms with Crippen LogP contribution in [0.15, 0.2) is 35.1 Å². The number of aliphatic hydroxyl groups excluding tert-OH is 1. The molecule has 2 aromatic carbocycles. The summed E-state index contributed by atoms with van der Waals surface area (Å²) < 4.78 is 5.56. The SMILES string of the molecule is Cc1cc(-c2nc3cccc(Cl)c3c(=O)[nH]2)cc(C)c1OCCO. The van der Waals surface area contributed by atoms with Gasteiger partial charge in [0.15, 0.2) is 0 Å². The number of hydrogen-bond donors (Lipinski definition) is 2. The van der Waals surface area contributed by atoms with Crippen LogP contribution in [0.3, 0.4) is 0 Å². The van der Waals surface area contributed by atoms with Crippen molar-refractivity contribution in [3.05, 3.63) is 56.8 Å². The van der Waals surface area contributed by atoms with Gasteiger partial charge in [0, 0.05) is 5.56 Å². The molecule has 0 amide bonds. The van der Waals surface area contributed by atoms with Crippen LogP contribution in [-0.2, 0) is 0 Å². The van der Waals surface area contributed by atoms with Crippen LogP contribution in [0.2, 0.25) is 5.02 Å². The fourth-order valence-corrected chi connectivity index (χ4v) is 3.00. The highest BCUT2D eigenvalue weighted by Crippen LogP contribution is 2.29. The summed E-state index contributed by atoms with van der Waals surface area (Å²) >= 11 is 6.08. The Kier molecular flexibility index (Phi) is 4.55. The van der Waals surface area contributed by atoms with Gasteiger partial charge in [-0.15, -0.1) is 0 Å². The zero-order valence-electron chi connectivity index (χ0n) is 13.4. The fraction of sp³-hybridized carbons (Fsp3) is 0.222. The van der Waals surface area contributed by atoms with Gasteiger partial charge in [-0.1, -0.05) is 17.7 Å². The predicted octanol–water partition coefficient (Wildman–Crippen LogP) is 3.23. The highest BCUT2D eigenvalue weighted by Gasteiger charge is 2.12. The smallest absolute Gasteiger partial charge is 0.260 e. The Morgan fingerprint density at radius 2 is 1.96 bits per heavy atom. The van der Waals surface area contributed by atoms with Crippen molar-refractivity contribution in [1.29, 1.82) is 0 Å². The van der Waals surface area contributed by atoms with E-state index in [4.69, 9.17) is 21.4 Å². The summed E-state index contributed by atoms with van der Waals surface area (Å²) in [6, 6.07) is 8.99. The molecule has 2 N–H and O–H groups in total. The number of aliphatic hydroxyl groups is 1. The first kappa shape index (κ1) is 16.5. The zero-order valence-corrected chi connectivity index (χ0v) is 14.1. The van der Waals surface area contributed by atoms with Crippen LogP contribution in [0.1, 0.15) is 11.1 Å². The van der Waals surface area contributed by atoms with Crippen LogP contribution in [0.4, 0.5) is 0 Å². The Balaban J connectivity index is 2.13. The van der Waals surface area contributed by atoms with Crippen LogP contribution in [0.5, 0.6) is 5.75 Å². The average Bonchev–Trinajstić information content (AvgIpc) is 2.53. The fourth-order valence-electron chi connectivity index (χ4n) is 2.75. The van der Waals surface area contributed by atoms with Crippen LogP contribution >= 0.6 is 11.6 Å². The van der Waals surface area contributed by atoms with E-state index in [0.717, 1.165) is 22.4 Å². The molecule has 1 aromatic heterocycles. The number of nitrogens with zero attached hydrogens (tertiary/aromatic N) is 1. The van der Waals surface area contributed by atoms with Gasteiger partial charge in [0.25, 0.3) is 5.56 Å². The van der Waals surface area contributed by atoms with Crippen molar-refractivity contribution < 1.29 is 9.84 Å². The summed E-state index contributed by atoms with van der Waals surface area (Å²) in [4.78, 5) is 19.7. The standard InChI is InChI=1S/C18H17ClN2O3/c1-10-8-12(9-11(2)16(10)24-7-6-22)17-20-14-5-3-4-13(19)15(14)18(23)21-17/h3-5,8-9,22H,6-7H2,1-2H3,(H,20,21,23). The maximum atomic E-state index is 12.3. The van der Waals surface area contributed by atoms with Gasteiger partial charge in [0.1, 0.15) is 18.2 Å². The molecule has 0 saturated heterocycles. The number of aromatic amines is 1. The van der Waals surface area contributed by atoms with E-state index in [1.165, 1.54) is 0 Å². The van der Waals surface area contributed by atoms with Crippen molar-refractivity contribution in [2.75, 3.05) is 13.2 Å². The molecule has 3 rings (SSSR count). The van der Waals surface area contributed by atoms with Gasteiger partial charge in [-0.3, -0.25) is 4.79 Å². The lowest BCUT2D eigenvalue weighted by molar-refractivity contribution is 0.200. The Labute approximate surface area is 143 Å². The summed E-state index contributed by atoms with van der Waals surface area (Å²) in [5, 5.41) is 9.68. The second-order valence-corrected chi connectivity index (χ2v) is 5.97. The summed E-state index contributed by atoms with van der Waals surface area (Å²) in [5.41, 5.74) is 2.90. The molecule has 24 heavy (non-hydrogen) atoms. The third-order valence-corrected chi connectivity index (χ3v) is 4.07. The lowest BCUT2D eigenvalue weighted by Gasteiger charge is -2.13. The van der Waals surface area contributed by atoms with E-state index >= 15 is 0 Å². The lowest BCUT2D eigenvalue weighted by Crippen LogP contribution is -2.10. The third-order valence-electron chi connectivity index (χ3n) is 3.75. The summed E-state index contributed by atoms with van der Waals surface area (Å²) in [7, 11) is 0. The van der Waals surface area contributed by atoms with E-state index in [0.29, 0.717) is 21.7 Å². The molecule has 124 valence electrons. The number of fused-ring (bicyclic) bond motifs is 1. The molecular weight excluding hydrogens is 328 g/mol. The summed E-state index contributed by atoms with van der Waals surface area (Å²) in [6.07, 6.45) is 0. The maximum Gasteiger partial charge on any atom is 0.260 e. The summed E-state index contributed by atoms with van der Waals surface area (Å²) in [5.74, 6) is 1.22. The van der Waals surface area contributed by atoms with E-state index in [1.54, 1.807) is 18.2 Å². The minimum absolute atomic E-state index is 0.0407. The van der Waals surface area contributed by atoms with Gasteiger partial charge in [0.2, 0.25) is 0 Å². The van der Waals surface area contributed by atoms with Crippen LogP contribution in [-0.4, -0.2) is 28.3 Å². The van der Waals surface area contributed by atoms with Crippen LogP contribution in [0.25, 0.3) is 22.3 Å². The third kappa shape index (κ3) is 3.00. The quantitative estimate of drug-likeness (QED) is 0.762. The highest BCUT2D eigenvalue weighted by atomic mass is 35.5. The molecule has 0 unspecified atom stereocenters. The molecule has 0 saturated carbocycles. The Morgan fingerprint density at radius 1 is 1.25 bits per heavy atom. The van der Waals surface area contributed by atoms with E-state index in [-0.39, 0.29) is 18.8 Å². The zero-order chi connectivity index (χ0) is 17.3. The van der Waals surface area contributed by atoms with Crippen molar-refractivity contribution >= 4 is 22.5 Å². The minimum Gasteiger partial charge on any atom is -0.491 e. The highest BCUT2D eigenvalue weighted by molar-refractivity contribution is 6.35. The Hall–Kier alpha value is -2.37. The molecule has 3 aromatic rings. The first-order valence-electron chi connectivity index (χ1n) is 7.55. The first-order valence-corrected chi connectivity index (χ1v) is 7.93. The molecule has 0 aliphatic carbocycles. The van der Waals surface area contributed by atoms with Gasteiger partial charge in [-0.2, -0.15) is 0 Å². The Morgan fingerprint density at radius 3 is 2.62 bits per heavy atom. The second kappa shape index (κ2) is 6.63. The molecule has 0 spiro atoms. The predicted molar refractivity (Wildman–Crippen MR) is 94.9 cm³/mol. The number of aromatic nitrogens is 2. The minimum atomic E-state index is -0.267. The monoisotopic (exact) mass is 344 g/mol. The van der Waals surface area contributed by atoms with E-state index < -0.39 is 0 Å². The molecule has 1 heterocycles. The molecule has 0 radical (unpaired) electrons. The number of H-pyrrole nitrogens is 1. The van der Waals surface area contributed by atoms with Crippen molar-refractivity contribution in [2.24, 2.45) is 0 Å².